The molecule has 0 aliphatic carbocycles. The van der Waals surface area contributed by atoms with Crippen LogP contribution in [0.3, 0.4) is 0 Å². The molecule has 0 spiro atoms. The fraction of sp³-hybridized carbons (Fsp3) is 0.833. The molecule has 120 valence electrons. The average molecular weight is 307 g/mol. The van der Waals surface area contributed by atoms with Gasteiger partial charge in [0, 0.05) is 39.3 Å². The second-order valence-corrected chi connectivity index (χ2v) is 5.18. The SMILES string of the molecule is COCC(C)NCCN1CCn2c(nnc2C(F)(F)F)C1. The largest absolute Gasteiger partial charge is 0.451 e. The van der Waals surface area contributed by atoms with E-state index in [9.17, 15) is 13.2 Å². The molecule has 0 saturated heterocycles. The normalized spacial score (nSPS) is 17.8. The first-order valence-corrected chi connectivity index (χ1v) is 6.85. The smallest absolute Gasteiger partial charge is 0.383 e. The Bertz CT molecular complexity index is 462. The molecule has 0 radical (unpaired) electrons. The predicted octanol–water partition coefficient (Wildman–Crippen LogP) is 0.737. The van der Waals surface area contributed by atoms with Crippen molar-refractivity contribution < 1.29 is 17.9 Å². The predicted molar refractivity (Wildman–Crippen MR) is 69.6 cm³/mol. The summed E-state index contributed by atoms with van der Waals surface area (Å²) in [7, 11) is 1.65. The minimum absolute atomic E-state index is 0.250. The van der Waals surface area contributed by atoms with Crippen molar-refractivity contribution in [3.63, 3.8) is 0 Å². The van der Waals surface area contributed by atoms with Gasteiger partial charge in [-0.25, -0.2) is 0 Å². The lowest BCUT2D eigenvalue weighted by Crippen LogP contribution is -2.41. The zero-order chi connectivity index (χ0) is 15.5. The van der Waals surface area contributed by atoms with E-state index in [-0.39, 0.29) is 12.6 Å². The number of aromatic nitrogens is 3. The number of ether oxygens (including phenoxy) is 1. The van der Waals surface area contributed by atoms with Crippen molar-refractivity contribution in [3.8, 4) is 0 Å². The fourth-order valence-electron chi connectivity index (χ4n) is 2.39. The molecule has 0 fully saturated rings. The average Bonchev–Trinajstić information content (AvgIpc) is 2.82. The van der Waals surface area contributed by atoms with Crippen molar-refractivity contribution in [1.29, 1.82) is 0 Å². The highest BCUT2D eigenvalue weighted by atomic mass is 19.4. The molecule has 1 aliphatic rings. The van der Waals surface area contributed by atoms with E-state index < -0.39 is 12.0 Å². The molecule has 6 nitrogen and oxygen atoms in total. The molecule has 0 aromatic carbocycles. The van der Waals surface area contributed by atoms with E-state index in [2.05, 4.69) is 20.4 Å². The van der Waals surface area contributed by atoms with Crippen LogP contribution in [-0.2, 0) is 24.0 Å². The Balaban J connectivity index is 1.85. The van der Waals surface area contributed by atoms with E-state index in [0.717, 1.165) is 17.7 Å². The molecule has 1 atom stereocenters. The Morgan fingerprint density at radius 3 is 2.76 bits per heavy atom. The van der Waals surface area contributed by atoms with E-state index in [4.69, 9.17) is 4.74 Å². The minimum atomic E-state index is -4.44. The molecule has 1 unspecified atom stereocenters. The summed E-state index contributed by atoms with van der Waals surface area (Å²) in [4.78, 5) is 2.07. The van der Waals surface area contributed by atoms with Crippen LogP contribution < -0.4 is 5.32 Å². The number of alkyl halides is 3. The minimum Gasteiger partial charge on any atom is -0.383 e. The van der Waals surface area contributed by atoms with Crippen molar-refractivity contribution in [2.75, 3.05) is 33.4 Å². The van der Waals surface area contributed by atoms with Gasteiger partial charge in [-0.1, -0.05) is 0 Å². The molecule has 0 amide bonds. The van der Waals surface area contributed by atoms with Gasteiger partial charge in [-0.05, 0) is 6.92 Å². The number of hydrogen-bond acceptors (Lipinski definition) is 5. The molecule has 9 heteroatoms. The van der Waals surface area contributed by atoms with Crippen LogP contribution in [0.5, 0.6) is 0 Å². The van der Waals surface area contributed by atoms with E-state index in [1.807, 2.05) is 6.92 Å². The lowest BCUT2D eigenvalue weighted by molar-refractivity contribution is -0.148. The molecule has 0 saturated carbocycles. The molecule has 1 aromatic rings. The van der Waals surface area contributed by atoms with E-state index in [0.29, 0.717) is 25.5 Å². The van der Waals surface area contributed by atoms with Crippen molar-refractivity contribution >= 4 is 0 Å². The number of fused-ring (bicyclic) bond motifs is 1. The summed E-state index contributed by atoms with van der Waals surface area (Å²) in [6.45, 7) is 5.38. The zero-order valence-corrected chi connectivity index (χ0v) is 12.2. The van der Waals surface area contributed by atoms with Crippen LogP contribution in [0.25, 0.3) is 0 Å². The van der Waals surface area contributed by atoms with Gasteiger partial charge in [-0.3, -0.25) is 4.90 Å². The Hall–Kier alpha value is -1.19. The summed E-state index contributed by atoms with van der Waals surface area (Å²) in [5.41, 5.74) is 0. The maximum absolute atomic E-state index is 12.7. The van der Waals surface area contributed by atoms with Gasteiger partial charge in [0.2, 0.25) is 5.82 Å². The molecule has 1 aromatic heterocycles. The van der Waals surface area contributed by atoms with Crippen LogP contribution in [0.1, 0.15) is 18.6 Å². The van der Waals surface area contributed by atoms with E-state index in [1.165, 1.54) is 0 Å². The molecular formula is C12H20F3N5O. The highest BCUT2D eigenvalue weighted by Crippen LogP contribution is 2.29. The summed E-state index contributed by atoms with van der Waals surface area (Å²) < 4.78 is 44.3. The first-order valence-electron chi connectivity index (χ1n) is 6.85. The molecule has 0 bridgehead atoms. The lowest BCUT2D eigenvalue weighted by Gasteiger charge is -2.28. The monoisotopic (exact) mass is 307 g/mol. The number of halogens is 3. The second-order valence-electron chi connectivity index (χ2n) is 5.18. The van der Waals surface area contributed by atoms with Gasteiger partial charge in [-0.2, -0.15) is 13.2 Å². The van der Waals surface area contributed by atoms with E-state index in [1.54, 1.807) is 7.11 Å². The number of methoxy groups -OCH3 is 1. The Morgan fingerprint density at radius 2 is 2.10 bits per heavy atom. The van der Waals surface area contributed by atoms with Gasteiger partial charge in [0.1, 0.15) is 5.82 Å². The maximum Gasteiger partial charge on any atom is 0.451 e. The fourth-order valence-corrected chi connectivity index (χ4v) is 2.39. The van der Waals surface area contributed by atoms with Crippen LogP contribution in [0.4, 0.5) is 13.2 Å². The molecule has 21 heavy (non-hydrogen) atoms. The topological polar surface area (TPSA) is 55.2 Å². The van der Waals surface area contributed by atoms with Crippen molar-refractivity contribution in [2.45, 2.75) is 32.2 Å². The van der Waals surface area contributed by atoms with Crippen LogP contribution in [0, 0.1) is 0 Å². The van der Waals surface area contributed by atoms with Crippen molar-refractivity contribution in [3.05, 3.63) is 11.6 Å². The van der Waals surface area contributed by atoms with Gasteiger partial charge in [-0.15, -0.1) is 10.2 Å². The van der Waals surface area contributed by atoms with Gasteiger partial charge in [0.15, 0.2) is 0 Å². The summed E-state index contributed by atoms with van der Waals surface area (Å²) in [5.74, 6) is -0.525. The quantitative estimate of drug-likeness (QED) is 0.840. The Morgan fingerprint density at radius 1 is 1.33 bits per heavy atom. The number of rotatable bonds is 6. The van der Waals surface area contributed by atoms with Gasteiger partial charge >= 0.3 is 6.18 Å². The summed E-state index contributed by atoms with van der Waals surface area (Å²) in [6, 6.07) is 0.250. The molecular weight excluding hydrogens is 287 g/mol. The number of nitrogens with zero attached hydrogens (tertiary/aromatic N) is 4. The van der Waals surface area contributed by atoms with Gasteiger partial charge < -0.3 is 14.6 Å². The highest BCUT2D eigenvalue weighted by molar-refractivity contribution is 5.02. The first kappa shape index (κ1) is 16.2. The maximum atomic E-state index is 12.7. The van der Waals surface area contributed by atoms with E-state index >= 15 is 0 Å². The zero-order valence-electron chi connectivity index (χ0n) is 12.2. The van der Waals surface area contributed by atoms with Gasteiger partial charge in [0.05, 0.1) is 13.2 Å². The molecule has 2 rings (SSSR count). The third-order valence-corrected chi connectivity index (χ3v) is 3.42. The molecule has 1 N–H and O–H groups in total. The van der Waals surface area contributed by atoms with Crippen LogP contribution in [0.2, 0.25) is 0 Å². The molecule has 1 aliphatic heterocycles. The molecule has 2 heterocycles. The third kappa shape index (κ3) is 4.14. The summed E-state index contributed by atoms with van der Waals surface area (Å²) in [5, 5.41) is 10.2. The lowest BCUT2D eigenvalue weighted by atomic mass is 10.3. The first-order chi connectivity index (χ1) is 9.91. The Kier molecular flexibility index (Phi) is 5.17. The third-order valence-electron chi connectivity index (χ3n) is 3.42. The van der Waals surface area contributed by atoms with Crippen LogP contribution in [0.15, 0.2) is 0 Å². The number of nitrogens with one attached hydrogen (secondary N) is 1. The summed E-state index contributed by atoms with van der Waals surface area (Å²) in [6.07, 6.45) is -4.44. The highest BCUT2D eigenvalue weighted by Gasteiger charge is 2.39. The van der Waals surface area contributed by atoms with Gasteiger partial charge in [0.25, 0.3) is 0 Å². The van der Waals surface area contributed by atoms with Crippen molar-refractivity contribution in [1.82, 2.24) is 25.0 Å². The van der Waals surface area contributed by atoms with Crippen LogP contribution in [-0.4, -0.2) is 59.1 Å². The van der Waals surface area contributed by atoms with Crippen LogP contribution >= 0.6 is 0 Å². The number of hydrogen-bond donors (Lipinski definition) is 1. The second kappa shape index (κ2) is 6.71. The Labute approximate surface area is 121 Å². The summed E-state index contributed by atoms with van der Waals surface area (Å²) >= 11 is 0. The standard InChI is InChI=1S/C12H20F3N5O/c1-9(8-21-2)16-3-4-19-5-6-20-10(7-19)17-18-11(20)12(13,14)15/h9,16H,3-8H2,1-2H3. The van der Waals surface area contributed by atoms with Crippen molar-refractivity contribution in [2.24, 2.45) is 0 Å².